The van der Waals surface area contributed by atoms with Gasteiger partial charge in [0.1, 0.15) is 5.76 Å². The zero-order valence-electron chi connectivity index (χ0n) is 11.8. The van der Waals surface area contributed by atoms with Crippen molar-refractivity contribution >= 4 is 27.3 Å². The molecule has 2 aliphatic heterocycles. The van der Waals surface area contributed by atoms with Crippen LogP contribution in [0.15, 0.2) is 34.5 Å². The van der Waals surface area contributed by atoms with E-state index in [0.717, 1.165) is 21.2 Å². The van der Waals surface area contributed by atoms with Gasteiger partial charge in [-0.25, -0.2) is 0 Å². The van der Waals surface area contributed by atoms with Gasteiger partial charge in [-0.15, -0.1) is 0 Å². The molecule has 3 aliphatic rings. The Hall–Kier alpha value is -1.39. The van der Waals surface area contributed by atoms with Crippen molar-refractivity contribution in [2.75, 3.05) is 0 Å². The minimum absolute atomic E-state index is 0.0165. The molecule has 2 heterocycles. The van der Waals surface area contributed by atoms with Crippen molar-refractivity contribution in [1.29, 1.82) is 0 Å². The van der Waals surface area contributed by atoms with Gasteiger partial charge in [0.2, 0.25) is 0 Å². The van der Waals surface area contributed by atoms with Crippen molar-refractivity contribution in [1.82, 2.24) is 0 Å². The highest BCUT2D eigenvalue weighted by molar-refractivity contribution is 9.10. The lowest BCUT2D eigenvalue weighted by Gasteiger charge is -2.15. The van der Waals surface area contributed by atoms with Crippen LogP contribution in [0.5, 0.6) is 0 Å². The SMILES string of the molecule is Cc1cc(Br)cc(C)c1C1=C(O)[C@H]2[C@@H](C1=O)[C@H]1C=C[C@@H]2O1. The Morgan fingerprint density at radius 3 is 2.24 bits per heavy atom. The van der Waals surface area contributed by atoms with Crippen LogP contribution < -0.4 is 0 Å². The predicted molar refractivity (Wildman–Crippen MR) is 83.0 cm³/mol. The van der Waals surface area contributed by atoms with E-state index in [1.54, 1.807) is 0 Å². The number of Topliss-reactive ketones (excluding diaryl/α,β-unsaturated/α-hetero) is 1. The van der Waals surface area contributed by atoms with Gasteiger partial charge in [-0.3, -0.25) is 4.79 Å². The first kappa shape index (κ1) is 13.3. The lowest BCUT2D eigenvalue weighted by atomic mass is 9.84. The summed E-state index contributed by atoms with van der Waals surface area (Å²) in [6.45, 7) is 3.94. The summed E-state index contributed by atoms with van der Waals surface area (Å²) in [6.07, 6.45) is 3.57. The Morgan fingerprint density at radius 2 is 1.67 bits per heavy atom. The maximum atomic E-state index is 12.8. The number of ether oxygens (including phenoxy) is 1. The molecule has 21 heavy (non-hydrogen) atoms. The van der Waals surface area contributed by atoms with Gasteiger partial charge in [-0.2, -0.15) is 0 Å². The number of aliphatic hydroxyl groups is 1. The molecule has 0 amide bonds. The zero-order chi connectivity index (χ0) is 14.9. The van der Waals surface area contributed by atoms with E-state index in [-0.39, 0.29) is 35.6 Å². The third-order valence-electron chi connectivity index (χ3n) is 4.77. The summed E-state index contributed by atoms with van der Waals surface area (Å²) in [5, 5.41) is 10.7. The largest absolute Gasteiger partial charge is 0.511 e. The fourth-order valence-corrected chi connectivity index (χ4v) is 4.65. The van der Waals surface area contributed by atoms with Crippen molar-refractivity contribution in [3.05, 3.63) is 51.2 Å². The molecule has 1 saturated heterocycles. The first-order chi connectivity index (χ1) is 9.99. The van der Waals surface area contributed by atoms with Gasteiger partial charge in [0.15, 0.2) is 5.78 Å². The van der Waals surface area contributed by atoms with Gasteiger partial charge in [0.05, 0.1) is 29.6 Å². The molecule has 0 saturated carbocycles. The van der Waals surface area contributed by atoms with Crippen LogP contribution in [0.3, 0.4) is 0 Å². The average molecular weight is 347 g/mol. The summed E-state index contributed by atoms with van der Waals surface area (Å²) >= 11 is 3.47. The Bertz CT molecular complexity index is 709. The number of hydrogen-bond donors (Lipinski definition) is 1. The Kier molecular flexibility index (Phi) is 2.72. The van der Waals surface area contributed by atoms with Gasteiger partial charge in [0.25, 0.3) is 0 Å². The number of aryl methyl sites for hydroxylation is 2. The third-order valence-corrected chi connectivity index (χ3v) is 5.23. The molecular formula is C17H15BrO3. The van der Waals surface area contributed by atoms with Gasteiger partial charge < -0.3 is 9.84 Å². The van der Waals surface area contributed by atoms with Gasteiger partial charge in [-0.05, 0) is 42.7 Å². The first-order valence-corrected chi connectivity index (χ1v) is 7.86. The molecule has 4 atom stereocenters. The molecule has 1 aliphatic carbocycles. The monoisotopic (exact) mass is 346 g/mol. The number of ketones is 1. The fourth-order valence-electron chi connectivity index (χ4n) is 3.96. The van der Waals surface area contributed by atoms with Crippen LogP contribution in [-0.4, -0.2) is 23.1 Å². The van der Waals surface area contributed by atoms with Crippen molar-refractivity contribution in [2.24, 2.45) is 11.8 Å². The number of halogens is 1. The highest BCUT2D eigenvalue weighted by Gasteiger charge is 2.57. The smallest absolute Gasteiger partial charge is 0.173 e. The lowest BCUT2D eigenvalue weighted by molar-refractivity contribution is -0.118. The van der Waals surface area contributed by atoms with Crippen molar-refractivity contribution in [3.8, 4) is 0 Å². The molecule has 1 N–H and O–H groups in total. The van der Waals surface area contributed by atoms with E-state index < -0.39 is 0 Å². The van der Waals surface area contributed by atoms with Crippen LogP contribution >= 0.6 is 15.9 Å². The van der Waals surface area contributed by atoms with Crippen LogP contribution in [0, 0.1) is 25.7 Å². The Morgan fingerprint density at radius 1 is 1.10 bits per heavy atom. The first-order valence-electron chi connectivity index (χ1n) is 7.07. The molecule has 4 rings (SSSR count). The number of carbonyl (C=O) groups is 1. The quantitative estimate of drug-likeness (QED) is 0.791. The van der Waals surface area contributed by atoms with Crippen LogP contribution in [0.4, 0.5) is 0 Å². The molecule has 1 aromatic rings. The predicted octanol–water partition coefficient (Wildman–Crippen LogP) is 3.49. The van der Waals surface area contributed by atoms with Crippen LogP contribution in [-0.2, 0) is 9.53 Å². The second-order valence-electron chi connectivity index (χ2n) is 6.04. The van der Waals surface area contributed by atoms with Gasteiger partial charge >= 0.3 is 0 Å². The summed E-state index contributed by atoms with van der Waals surface area (Å²) in [5.41, 5.74) is 3.36. The van der Waals surface area contributed by atoms with Crippen LogP contribution in [0.2, 0.25) is 0 Å². The van der Waals surface area contributed by atoms with E-state index in [4.69, 9.17) is 4.74 Å². The zero-order valence-corrected chi connectivity index (χ0v) is 13.3. The molecule has 3 nitrogen and oxygen atoms in total. The highest BCUT2D eigenvalue weighted by atomic mass is 79.9. The number of hydrogen-bond acceptors (Lipinski definition) is 3. The normalized spacial score (nSPS) is 33.2. The van der Waals surface area contributed by atoms with Crippen molar-refractivity contribution in [2.45, 2.75) is 26.1 Å². The van der Waals surface area contributed by atoms with Crippen molar-refractivity contribution < 1.29 is 14.6 Å². The molecular weight excluding hydrogens is 332 g/mol. The second kappa shape index (κ2) is 4.31. The molecule has 0 unspecified atom stereocenters. The molecule has 0 aromatic heterocycles. The summed E-state index contributed by atoms with van der Waals surface area (Å²) in [5.74, 6) is -0.236. The summed E-state index contributed by atoms with van der Waals surface area (Å²) in [6, 6.07) is 3.96. The second-order valence-corrected chi connectivity index (χ2v) is 6.96. The van der Waals surface area contributed by atoms with E-state index in [2.05, 4.69) is 15.9 Å². The molecule has 0 spiro atoms. The van der Waals surface area contributed by atoms with E-state index in [1.165, 1.54) is 0 Å². The van der Waals surface area contributed by atoms with Crippen molar-refractivity contribution in [3.63, 3.8) is 0 Å². The number of carbonyl (C=O) groups excluding carboxylic acids is 1. The minimum atomic E-state index is -0.252. The van der Waals surface area contributed by atoms with Crippen LogP contribution in [0.25, 0.3) is 5.57 Å². The maximum absolute atomic E-state index is 12.8. The van der Waals surface area contributed by atoms with Gasteiger partial charge in [0, 0.05) is 4.47 Å². The summed E-state index contributed by atoms with van der Waals surface area (Å²) in [7, 11) is 0. The molecule has 1 fully saturated rings. The Balaban J connectivity index is 1.89. The topological polar surface area (TPSA) is 46.5 Å². The summed E-state index contributed by atoms with van der Waals surface area (Å²) < 4.78 is 6.69. The fraction of sp³-hybridized carbons (Fsp3) is 0.353. The molecule has 4 heteroatoms. The average Bonchev–Trinajstić information content (AvgIpc) is 3.06. The third kappa shape index (κ3) is 1.66. The number of fused-ring (bicyclic) bond motifs is 5. The van der Waals surface area contributed by atoms with Gasteiger partial charge in [-0.1, -0.05) is 28.1 Å². The molecule has 0 radical (unpaired) electrons. The number of rotatable bonds is 1. The minimum Gasteiger partial charge on any atom is -0.511 e. The standard InChI is InChI=1S/C17H15BrO3/c1-7-5-9(18)6-8(2)12(7)15-16(19)13-10-3-4-11(21-10)14(13)17(15)20/h3-6,10-11,13-14,19H,1-2H3/t10-,11+,13+,14-/m0/s1. The van der Waals surface area contributed by atoms with E-state index >= 15 is 0 Å². The maximum Gasteiger partial charge on any atom is 0.173 e. The van der Waals surface area contributed by atoms with E-state index in [1.807, 2.05) is 38.1 Å². The number of benzene rings is 1. The lowest BCUT2D eigenvalue weighted by Crippen LogP contribution is -2.26. The molecule has 2 bridgehead atoms. The Labute approximate surface area is 131 Å². The molecule has 1 aromatic carbocycles. The highest BCUT2D eigenvalue weighted by Crippen LogP contribution is 2.51. The van der Waals surface area contributed by atoms with E-state index in [9.17, 15) is 9.90 Å². The van der Waals surface area contributed by atoms with Crippen LogP contribution in [0.1, 0.15) is 16.7 Å². The summed E-state index contributed by atoms with van der Waals surface area (Å²) in [4.78, 5) is 12.8. The molecule has 108 valence electrons. The number of allylic oxidation sites excluding steroid dienone is 1. The van der Waals surface area contributed by atoms with E-state index in [0.29, 0.717) is 5.57 Å². The number of aliphatic hydroxyl groups excluding tert-OH is 1.